The first-order chi connectivity index (χ1) is 14.0. The summed E-state index contributed by atoms with van der Waals surface area (Å²) in [5.41, 5.74) is 0.860. The quantitative estimate of drug-likeness (QED) is 0.679. The van der Waals surface area contributed by atoms with Crippen LogP contribution in [0.25, 0.3) is 0 Å². The van der Waals surface area contributed by atoms with Crippen LogP contribution in [0.1, 0.15) is 24.8 Å². The van der Waals surface area contributed by atoms with E-state index in [-0.39, 0.29) is 24.5 Å². The van der Waals surface area contributed by atoms with Gasteiger partial charge in [0.1, 0.15) is 0 Å². The Morgan fingerprint density at radius 3 is 2.31 bits per heavy atom. The van der Waals surface area contributed by atoms with Crippen molar-refractivity contribution in [1.29, 1.82) is 0 Å². The van der Waals surface area contributed by atoms with Crippen molar-refractivity contribution in [2.45, 2.75) is 31.7 Å². The number of carbonyl (C=O) groups excluding carboxylic acids is 3. The maximum absolute atomic E-state index is 12.7. The van der Waals surface area contributed by atoms with Crippen LogP contribution in [-0.4, -0.2) is 74.8 Å². The average Bonchev–Trinajstić information content (AvgIpc) is 3.09. The number of likely N-dealkylation sites (tertiary alicyclic amines) is 1. The number of imide groups is 1. The monoisotopic (exact) mass is 406 g/mol. The molecule has 0 radical (unpaired) electrons. The van der Waals surface area contributed by atoms with Crippen LogP contribution in [0.5, 0.6) is 17.2 Å². The maximum Gasteiger partial charge on any atom is 0.417 e. The molecule has 0 unspecified atom stereocenters. The SMILES string of the molecule is COc1ccc(CCC(=O)N2CCC(N3C(=O)COC3=O)CC2)c(OC)c1OC. The highest BCUT2D eigenvalue weighted by atomic mass is 16.6. The summed E-state index contributed by atoms with van der Waals surface area (Å²) in [6.45, 7) is 0.818. The standard InChI is InChI=1S/C20H26N2O7/c1-26-15-6-4-13(18(27-2)19(15)28-3)5-7-16(23)21-10-8-14(9-11-21)22-17(24)12-29-20(22)25/h4,6,14H,5,7-12H2,1-3H3. The Hall–Kier alpha value is -2.97. The number of ether oxygens (including phenoxy) is 4. The highest BCUT2D eigenvalue weighted by Crippen LogP contribution is 2.40. The number of methoxy groups -OCH3 is 3. The molecule has 2 aliphatic heterocycles. The third kappa shape index (κ3) is 4.23. The van der Waals surface area contributed by atoms with Gasteiger partial charge in [-0.15, -0.1) is 0 Å². The van der Waals surface area contributed by atoms with Crippen molar-refractivity contribution < 1.29 is 33.3 Å². The number of benzene rings is 1. The molecule has 9 heteroatoms. The van der Waals surface area contributed by atoms with Gasteiger partial charge in [-0.2, -0.15) is 0 Å². The lowest BCUT2D eigenvalue weighted by Crippen LogP contribution is -2.48. The van der Waals surface area contributed by atoms with Gasteiger partial charge in [-0.1, -0.05) is 6.07 Å². The number of nitrogens with zero attached hydrogens (tertiary/aromatic N) is 2. The number of hydrogen-bond acceptors (Lipinski definition) is 7. The van der Waals surface area contributed by atoms with E-state index < -0.39 is 6.09 Å². The van der Waals surface area contributed by atoms with Gasteiger partial charge in [0.25, 0.3) is 5.91 Å². The smallest absolute Gasteiger partial charge is 0.417 e. The van der Waals surface area contributed by atoms with Crippen LogP contribution in [0, 0.1) is 0 Å². The Balaban J connectivity index is 1.57. The molecule has 0 aliphatic carbocycles. The Kier molecular flexibility index (Phi) is 6.46. The van der Waals surface area contributed by atoms with Crippen molar-refractivity contribution >= 4 is 17.9 Å². The molecule has 3 rings (SSSR count). The van der Waals surface area contributed by atoms with Gasteiger partial charge < -0.3 is 23.8 Å². The van der Waals surface area contributed by atoms with E-state index in [1.807, 2.05) is 6.07 Å². The second-order valence-electron chi connectivity index (χ2n) is 6.92. The molecule has 0 spiro atoms. The average molecular weight is 406 g/mol. The second kappa shape index (κ2) is 9.02. The summed E-state index contributed by atoms with van der Waals surface area (Å²) in [5.74, 6) is 1.35. The molecule has 0 bridgehead atoms. The molecule has 9 nitrogen and oxygen atoms in total. The van der Waals surface area contributed by atoms with E-state index in [0.717, 1.165) is 5.56 Å². The molecule has 0 atom stereocenters. The van der Waals surface area contributed by atoms with E-state index in [9.17, 15) is 14.4 Å². The molecule has 0 aromatic heterocycles. The minimum Gasteiger partial charge on any atom is -0.493 e. The number of cyclic esters (lactones) is 1. The van der Waals surface area contributed by atoms with Crippen LogP contribution < -0.4 is 14.2 Å². The lowest BCUT2D eigenvalue weighted by atomic mass is 10.0. The van der Waals surface area contributed by atoms with Gasteiger partial charge in [-0.3, -0.25) is 9.59 Å². The van der Waals surface area contributed by atoms with E-state index in [1.54, 1.807) is 32.3 Å². The molecule has 1 aromatic carbocycles. The van der Waals surface area contributed by atoms with E-state index in [0.29, 0.717) is 56.0 Å². The van der Waals surface area contributed by atoms with E-state index in [1.165, 1.54) is 4.90 Å². The van der Waals surface area contributed by atoms with Crippen LogP contribution in [-0.2, 0) is 20.7 Å². The van der Waals surface area contributed by atoms with Crippen molar-refractivity contribution in [2.75, 3.05) is 41.0 Å². The van der Waals surface area contributed by atoms with Gasteiger partial charge in [-0.05, 0) is 30.9 Å². The van der Waals surface area contributed by atoms with Gasteiger partial charge >= 0.3 is 6.09 Å². The van der Waals surface area contributed by atoms with Crippen molar-refractivity contribution in [2.24, 2.45) is 0 Å². The van der Waals surface area contributed by atoms with Crippen molar-refractivity contribution in [3.8, 4) is 17.2 Å². The first-order valence-electron chi connectivity index (χ1n) is 9.54. The van der Waals surface area contributed by atoms with Crippen LogP contribution in [0.4, 0.5) is 4.79 Å². The molecule has 2 aliphatic rings. The molecule has 2 saturated heterocycles. The normalized spacial score (nSPS) is 17.3. The van der Waals surface area contributed by atoms with Crippen LogP contribution in [0.2, 0.25) is 0 Å². The fourth-order valence-corrected chi connectivity index (χ4v) is 3.85. The number of rotatable bonds is 7. The summed E-state index contributed by atoms with van der Waals surface area (Å²) < 4.78 is 20.9. The van der Waals surface area contributed by atoms with Gasteiger partial charge in [0, 0.05) is 25.6 Å². The summed E-state index contributed by atoms with van der Waals surface area (Å²) in [4.78, 5) is 39.1. The number of carbonyl (C=O) groups is 3. The number of aryl methyl sites for hydroxylation is 1. The fraction of sp³-hybridized carbons (Fsp3) is 0.550. The van der Waals surface area contributed by atoms with Gasteiger partial charge in [-0.25, -0.2) is 9.69 Å². The number of piperidine rings is 1. The molecule has 0 N–H and O–H groups in total. The zero-order valence-corrected chi connectivity index (χ0v) is 16.9. The van der Waals surface area contributed by atoms with Crippen LogP contribution >= 0.6 is 0 Å². The Morgan fingerprint density at radius 1 is 1.07 bits per heavy atom. The first-order valence-corrected chi connectivity index (χ1v) is 9.54. The molecular formula is C20H26N2O7. The predicted molar refractivity (Wildman–Crippen MR) is 102 cm³/mol. The van der Waals surface area contributed by atoms with Gasteiger partial charge in [0.2, 0.25) is 11.7 Å². The van der Waals surface area contributed by atoms with Crippen molar-refractivity contribution in [1.82, 2.24) is 9.80 Å². The van der Waals surface area contributed by atoms with Gasteiger partial charge in [0.15, 0.2) is 18.1 Å². The van der Waals surface area contributed by atoms with Crippen molar-refractivity contribution in [3.05, 3.63) is 17.7 Å². The van der Waals surface area contributed by atoms with E-state index >= 15 is 0 Å². The third-order valence-corrected chi connectivity index (χ3v) is 5.36. The van der Waals surface area contributed by atoms with Crippen LogP contribution in [0.15, 0.2) is 12.1 Å². The highest BCUT2D eigenvalue weighted by molar-refractivity contribution is 5.98. The molecule has 2 fully saturated rings. The molecule has 1 aromatic rings. The molecular weight excluding hydrogens is 380 g/mol. The summed E-state index contributed by atoms with van der Waals surface area (Å²) in [7, 11) is 4.65. The fourth-order valence-electron chi connectivity index (χ4n) is 3.85. The molecule has 3 amide bonds. The lowest BCUT2D eigenvalue weighted by molar-refractivity contribution is -0.133. The summed E-state index contributed by atoms with van der Waals surface area (Å²) >= 11 is 0. The lowest BCUT2D eigenvalue weighted by Gasteiger charge is -2.34. The van der Waals surface area contributed by atoms with E-state index in [4.69, 9.17) is 18.9 Å². The number of amides is 3. The topological polar surface area (TPSA) is 94.6 Å². The molecule has 158 valence electrons. The largest absolute Gasteiger partial charge is 0.493 e. The number of hydrogen-bond donors (Lipinski definition) is 0. The molecule has 2 heterocycles. The zero-order valence-electron chi connectivity index (χ0n) is 16.9. The zero-order chi connectivity index (χ0) is 21.0. The Bertz CT molecular complexity index is 771. The third-order valence-electron chi connectivity index (χ3n) is 5.36. The van der Waals surface area contributed by atoms with E-state index in [2.05, 4.69) is 0 Å². The minimum absolute atomic E-state index is 0.0237. The first kappa shape index (κ1) is 20.8. The predicted octanol–water partition coefficient (Wildman–Crippen LogP) is 1.61. The molecule has 29 heavy (non-hydrogen) atoms. The van der Waals surface area contributed by atoms with Crippen molar-refractivity contribution in [3.63, 3.8) is 0 Å². The summed E-state index contributed by atoms with van der Waals surface area (Å²) in [6, 6.07) is 3.45. The minimum atomic E-state index is -0.583. The second-order valence-corrected chi connectivity index (χ2v) is 6.92. The maximum atomic E-state index is 12.7. The van der Waals surface area contributed by atoms with Crippen LogP contribution in [0.3, 0.4) is 0 Å². The van der Waals surface area contributed by atoms with Gasteiger partial charge in [0.05, 0.1) is 21.3 Å². The molecule has 0 saturated carbocycles. The Labute approximate surface area is 169 Å². The Morgan fingerprint density at radius 2 is 1.76 bits per heavy atom. The summed E-state index contributed by atoms with van der Waals surface area (Å²) in [5, 5.41) is 0. The highest BCUT2D eigenvalue weighted by Gasteiger charge is 2.38. The summed E-state index contributed by atoms with van der Waals surface area (Å²) in [6.07, 6.45) is 1.36.